The van der Waals surface area contributed by atoms with Crippen LogP contribution in [-0.4, -0.2) is 58.5 Å². The first-order valence-corrected chi connectivity index (χ1v) is 15.3. The lowest BCUT2D eigenvalue weighted by molar-refractivity contribution is -0.131. The van der Waals surface area contributed by atoms with E-state index in [1.807, 2.05) is 24.3 Å². The number of hydrazine groups is 1. The van der Waals surface area contributed by atoms with Crippen LogP contribution in [0.25, 0.3) is 11.3 Å². The van der Waals surface area contributed by atoms with Crippen LogP contribution in [0.5, 0.6) is 0 Å². The smallest absolute Gasteiger partial charge is 0.254 e. The van der Waals surface area contributed by atoms with Gasteiger partial charge in [0.1, 0.15) is 11.2 Å². The number of hydrogen-bond acceptors (Lipinski definition) is 8. The highest BCUT2D eigenvalue weighted by Gasteiger charge is 2.34. The van der Waals surface area contributed by atoms with E-state index < -0.39 is 6.04 Å². The number of halogens is 2. The lowest BCUT2D eigenvalue weighted by Crippen LogP contribution is -2.60. The first kappa shape index (κ1) is 31.4. The SMILES string of the molecule is CC(=O)N1CCN2c3cccc(c3)C(n3cnc(-c4cc(Cl)ccc4N(N)/C=C(\N)Cl)cc3=O)CCCCCNC(=O)C2C1. The fourth-order valence-electron chi connectivity index (χ4n) is 5.88. The first-order chi connectivity index (χ1) is 21.1. The Morgan fingerprint density at radius 2 is 1.91 bits per heavy atom. The Labute approximate surface area is 266 Å². The molecule has 0 aliphatic carbocycles. The van der Waals surface area contributed by atoms with Gasteiger partial charge >= 0.3 is 0 Å². The van der Waals surface area contributed by atoms with E-state index >= 15 is 0 Å². The Hall–Kier alpha value is -4.06. The molecule has 2 aliphatic heterocycles. The number of aromatic nitrogens is 2. The average molecular weight is 640 g/mol. The molecule has 2 unspecified atom stereocenters. The van der Waals surface area contributed by atoms with Gasteiger partial charge < -0.3 is 20.9 Å². The summed E-state index contributed by atoms with van der Waals surface area (Å²) in [4.78, 5) is 47.6. The number of nitrogens with one attached hydrogen (secondary N) is 1. The molecule has 0 saturated carbocycles. The molecule has 2 bridgehead atoms. The van der Waals surface area contributed by atoms with Crippen molar-refractivity contribution in [3.8, 4) is 11.3 Å². The molecule has 1 saturated heterocycles. The molecule has 13 heteroatoms. The maximum atomic E-state index is 13.7. The third kappa shape index (κ3) is 7.01. The van der Waals surface area contributed by atoms with Gasteiger partial charge in [-0.05, 0) is 48.7 Å². The third-order valence-corrected chi connectivity index (χ3v) is 8.45. The molecule has 1 aromatic heterocycles. The zero-order valence-corrected chi connectivity index (χ0v) is 26.0. The van der Waals surface area contributed by atoms with Crippen LogP contribution < -0.4 is 32.4 Å². The monoisotopic (exact) mass is 638 g/mol. The van der Waals surface area contributed by atoms with Crippen molar-refractivity contribution in [1.82, 2.24) is 19.8 Å². The molecule has 1 fully saturated rings. The largest absolute Gasteiger partial charge is 0.388 e. The number of carbonyl (C=O) groups is 2. The lowest BCUT2D eigenvalue weighted by atomic mass is 9.98. The van der Waals surface area contributed by atoms with Gasteiger partial charge in [-0.15, -0.1) is 0 Å². The number of hydrogen-bond donors (Lipinski definition) is 3. The number of carbonyl (C=O) groups excluding carboxylic acids is 2. The number of amides is 2. The van der Waals surface area contributed by atoms with Crippen LogP contribution in [0.1, 0.15) is 44.2 Å². The molecule has 0 radical (unpaired) electrons. The van der Waals surface area contributed by atoms with E-state index in [1.54, 1.807) is 34.0 Å². The van der Waals surface area contributed by atoms with E-state index in [0.717, 1.165) is 30.5 Å². The summed E-state index contributed by atoms with van der Waals surface area (Å²) in [6.45, 7) is 3.44. The van der Waals surface area contributed by atoms with Crippen molar-refractivity contribution in [2.45, 2.75) is 44.7 Å². The predicted octanol–water partition coefficient (Wildman–Crippen LogP) is 3.56. The molecule has 2 amide bonds. The number of nitrogens with two attached hydrogens (primary N) is 2. The summed E-state index contributed by atoms with van der Waals surface area (Å²) in [5, 5.41) is 4.76. The topological polar surface area (TPSA) is 143 Å². The van der Waals surface area contributed by atoms with Crippen molar-refractivity contribution >= 4 is 46.4 Å². The van der Waals surface area contributed by atoms with Crippen molar-refractivity contribution < 1.29 is 9.59 Å². The van der Waals surface area contributed by atoms with Crippen LogP contribution >= 0.6 is 23.2 Å². The zero-order chi connectivity index (χ0) is 31.4. The molecule has 44 heavy (non-hydrogen) atoms. The molecule has 2 aliphatic rings. The van der Waals surface area contributed by atoms with Crippen molar-refractivity contribution in [2.75, 3.05) is 36.1 Å². The van der Waals surface area contributed by atoms with Crippen LogP contribution in [-0.2, 0) is 9.59 Å². The van der Waals surface area contributed by atoms with Gasteiger partial charge in [0.05, 0.1) is 36.5 Å². The summed E-state index contributed by atoms with van der Waals surface area (Å²) in [6.07, 6.45) is 6.14. The van der Waals surface area contributed by atoms with E-state index in [-0.39, 0.29) is 28.6 Å². The number of rotatable bonds is 4. The summed E-state index contributed by atoms with van der Waals surface area (Å²) in [6, 6.07) is 13.7. The van der Waals surface area contributed by atoms with E-state index in [2.05, 4.69) is 15.2 Å². The van der Waals surface area contributed by atoms with E-state index in [4.69, 9.17) is 34.8 Å². The minimum atomic E-state index is -0.510. The van der Waals surface area contributed by atoms with Crippen LogP contribution in [0.15, 0.2) is 71.0 Å². The molecule has 3 aromatic rings. The second-order valence-corrected chi connectivity index (χ2v) is 11.9. The van der Waals surface area contributed by atoms with Crippen molar-refractivity contribution in [1.29, 1.82) is 0 Å². The molecule has 0 spiro atoms. The molecule has 2 atom stereocenters. The number of anilines is 2. The molecule has 2 aromatic carbocycles. The van der Waals surface area contributed by atoms with Gasteiger partial charge in [0.25, 0.3) is 5.56 Å². The quantitative estimate of drug-likeness (QED) is 0.224. The molecule has 232 valence electrons. The maximum absolute atomic E-state index is 13.7. The van der Waals surface area contributed by atoms with Gasteiger partial charge in [0.15, 0.2) is 0 Å². The molecule has 5 rings (SSSR count). The summed E-state index contributed by atoms with van der Waals surface area (Å²) in [5.41, 5.74) is 8.63. The minimum absolute atomic E-state index is 0.00980. The Balaban J connectivity index is 1.53. The Morgan fingerprint density at radius 3 is 2.66 bits per heavy atom. The van der Waals surface area contributed by atoms with Crippen molar-refractivity contribution in [3.05, 3.63) is 87.2 Å². The van der Waals surface area contributed by atoms with Crippen LogP contribution in [0, 0.1) is 0 Å². The highest BCUT2D eigenvalue weighted by atomic mass is 35.5. The van der Waals surface area contributed by atoms with Gasteiger partial charge in [0.2, 0.25) is 11.8 Å². The second kappa shape index (κ2) is 13.7. The predicted molar refractivity (Wildman–Crippen MR) is 173 cm³/mol. The van der Waals surface area contributed by atoms with Crippen LogP contribution in [0.4, 0.5) is 11.4 Å². The molecule has 5 N–H and O–H groups in total. The van der Waals surface area contributed by atoms with Crippen LogP contribution in [0.3, 0.4) is 0 Å². The van der Waals surface area contributed by atoms with Crippen molar-refractivity contribution in [3.63, 3.8) is 0 Å². The average Bonchev–Trinajstić information content (AvgIpc) is 3.00. The standard InChI is InChI=1S/C31H36Cl2N8O3/c1-20(42)38-12-13-39-23-7-5-6-21(14-23)26(8-3-2-4-11-36-31(44)28(39)17-38)40-19-37-25(16-30(40)43)24-15-22(32)9-10-27(24)41(35)18-29(33)34/h5-7,9-10,14-16,18-19,26,28H,2-4,8,11-13,17,34-35H2,1H3,(H,36,44)/b29-18-. The Kier molecular flexibility index (Phi) is 9.77. The fourth-order valence-corrected chi connectivity index (χ4v) is 6.16. The van der Waals surface area contributed by atoms with Crippen LogP contribution in [0.2, 0.25) is 5.02 Å². The molecule has 11 nitrogen and oxygen atoms in total. The van der Waals surface area contributed by atoms with Gasteiger partial charge in [-0.2, -0.15) is 0 Å². The number of benzene rings is 2. The summed E-state index contributed by atoms with van der Waals surface area (Å²) < 4.78 is 1.65. The number of nitrogens with zero attached hydrogens (tertiary/aromatic N) is 5. The van der Waals surface area contributed by atoms with E-state index in [1.165, 1.54) is 24.2 Å². The lowest BCUT2D eigenvalue weighted by Gasteiger charge is -2.41. The van der Waals surface area contributed by atoms with Crippen molar-refractivity contribution in [2.24, 2.45) is 11.6 Å². The van der Waals surface area contributed by atoms with Gasteiger partial charge in [-0.25, -0.2) is 10.8 Å². The van der Waals surface area contributed by atoms with E-state index in [0.29, 0.717) is 54.6 Å². The van der Waals surface area contributed by atoms with Gasteiger partial charge in [-0.3, -0.25) is 24.0 Å². The molecular formula is C31H36Cl2N8O3. The van der Waals surface area contributed by atoms with E-state index in [9.17, 15) is 14.4 Å². The van der Waals surface area contributed by atoms with Gasteiger partial charge in [-0.1, -0.05) is 48.2 Å². The normalized spacial score (nSPS) is 19.6. The number of piperazine rings is 1. The fraction of sp³-hybridized carbons (Fsp3) is 0.355. The summed E-state index contributed by atoms with van der Waals surface area (Å²) in [5.74, 6) is 6.03. The zero-order valence-electron chi connectivity index (χ0n) is 24.5. The highest BCUT2D eigenvalue weighted by molar-refractivity contribution is 6.31. The molecular weight excluding hydrogens is 603 g/mol. The third-order valence-electron chi connectivity index (χ3n) is 8.12. The maximum Gasteiger partial charge on any atom is 0.254 e. The minimum Gasteiger partial charge on any atom is -0.388 e. The first-order valence-electron chi connectivity index (χ1n) is 14.6. The van der Waals surface area contributed by atoms with Gasteiger partial charge in [0, 0.05) is 48.9 Å². The Bertz CT molecular complexity index is 1620. The molecule has 3 heterocycles. The Morgan fingerprint density at radius 1 is 1.09 bits per heavy atom. The highest BCUT2D eigenvalue weighted by Crippen LogP contribution is 2.33. The summed E-state index contributed by atoms with van der Waals surface area (Å²) in [7, 11) is 0. The number of fused-ring (bicyclic) bond motifs is 4. The second-order valence-electron chi connectivity index (χ2n) is 11.0. The summed E-state index contributed by atoms with van der Waals surface area (Å²) >= 11 is 12.1.